The first-order valence-corrected chi connectivity index (χ1v) is 8.36. The van der Waals surface area contributed by atoms with Gasteiger partial charge in [-0.3, -0.25) is 0 Å². The Bertz CT molecular complexity index is 438. The van der Waals surface area contributed by atoms with Gasteiger partial charge in [0.2, 0.25) is 0 Å². The van der Waals surface area contributed by atoms with E-state index >= 15 is 0 Å². The summed E-state index contributed by atoms with van der Waals surface area (Å²) in [6.45, 7) is 11.5. The van der Waals surface area contributed by atoms with Gasteiger partial charge < -0.3 is 19.5 Å². The molecule has 0 spiro atoms. The minimum absolute atomic E-state index is 0.286. The van der Waals surface area contributed by atoms with Crippen molar-refractivity contribution in [2.24, 2.45) is 0 Å². The van der Waals surface area contributed by atoms with Crippen molar-refractivity contribution < 1.29 is 14.2 Å². The molecule has 0 bridgehead atoms. The normalized spacial score (nSPS) is 11.0. The predicted octanol–water partition coefficient (Wildman–Crippen LogP) is 4.04. The molecular weight excluding hydrogens is 302 g/mol. The smallest absolute Gasteiger partial charge is 0.162 e. The van der Waals surface area contributed by atoms with Gasteiger partial charge in [0.15, 0.2) is 11.5 Å². The zero-order valence-corrected chi connectivity index (χ0v) is 14.8. The van der Waals surface area contributed by atoms with E-state index in [0.29, 0.717) is 30.5 Å². The van der Waals surface area contributed by atoms with Crippen LogP contribution in [0.25, 0.3) is 0 Å². The van der Waals surface area contributed by atoms with Crippen molar-refractivity contribution in [1.29, 1.82) is 0 Å². The molecule has 0 unspecified atom stereocenters. The molecule has 0 atom stereocenters. The van der Waals surface area contributed by atoms with Gasteiger partial charge in [-0.15, -0.1) is 0 Å². The average Bonchev–Trinajstić information content (AvgIpc) is 2.46. The van der Waals surface area contributed by atoms with Crippen molar-refractivity contribution in [2.45, 2.75) is 46.8 Å². The molecule has 0 radical (unpaired) electrons. The molecule has 1 N–H and O–H groups in total. The minimum Gasteiger partial charge on any atom is -0.490 e. The fraction of sp³-hybridized carbons (Fsp3) is 0.647. The summed E-state index contributed by atoms with van der Waals surface area (Å²) in [4.78, 5) is 0. The van der Waals surface area contributed by atoms with Gasteiger partial charge in [0.1, 0.15) is 0 Å². The summed E-state index contributed by atoms with van der Waals surface area (Å²) in [5.74, 6) is 1.44. The molecule has 22 heavy (non-hydrogen) atoms. The maximum absolute atomic E-state index is 6.32. The Hall–Kier alpha value is -0.970. The van der Waals surface area contributed by atoms with Crippen LogP contribution >= 0.6 is 11.6 Å². The molecule has 0 aliphatic carbocycles. The molecule has 0 fully saturated rings. The van der Waals surface area contributed by atoms with Crippen molar-refractivity contribution in [3.8, 4) is 11.5 Å². The Labute approximate surface area is 139 Å². The van der Waals surface area contributed by atoms with Crippen LogP contribution in [0.1, 0.15) is 39.7 Å². The Morgan fingerprint density at radius 1 is 1.09 bits per heavy atom. The number of halogens is 1. The van der Waals surface area contributed by atoms with Crippen molar-refractivity contribution in [1.82, 2.24) is 5.32 Å². The van der Waals surface area contributed by atoms with Gasteiger partial charge in [-0.25, -0.2) is 0 Å². The Balaban J connectivity index is 2.53. The van der Waals surface area contributed by atoms with Crippen LogP contribution in [0.4, 0.5) is 0 Å². The topological polar surface area (TPSA) is 39.7 Å². The standard InChI is InChI=1S/C17H28ClNO3/c1-5-20-16-10-14(15(18)11-17(16)21-6-2)12-19-8-7-9-22-13(3)4/h10-11,13,19H,5-9,12H2,1-4H3. The molecule has 4 nitrogen and oxygen atoms in total. The second kappa shape index (κ2) is 10.7. The number of nitrogens with one attached hydrogen (secondary N) is 1. The fourth-order valence-corrected chi connectivity index (χ4v) is 2.21. The van der Waals surface area contributed by atoms with Gasteiger partial charge in [0.25, 0.3) is 0 Å². The van der Waals surface area contributed by atoms with Gasteiger partial charge >= 0.3 is 0 Å². The zero-order chi connectivity index (χ0) is 16.4. The number of hydrogen-bond acceptors (Lipinski definition) is 4. The molecule has 0 saturated heterocycles. The molecule has 0 amide bonds. The predicted molar refractivity (Wildman–Crippen MR) is 91.2 cm³/mol. The second-order valence-corrected chi connectivity index (χ2v) is 5.61. The summed E-state index contributed by atoms with van der Waals surface area (Å²) in [5.41, 5.74) is 1.01. The minimum atomic E-state index is 0.286. The highest BCUT2D eigenvalue weighted by Gasteiger charge is 2.10. The summed E-state index contributed by atoms with van der Waals surface area (Å²) >= 11 is 6.32. The summed E-state index contributed by atoms with van der Waals surface area (Å²) in [6.07, 6.45) is 1.26. The lowest BCUT2D eigenvalue weighted by atomic mass is 10.2. The van der Waals surface area contributed by atoms with Gasteiger partial charge in [-0.2, -0.15) is 0 Å². The number of hydrogen-bond donors (Lipinski definition) is 1. The molecule has 126 valence electrons. The van der Waals surface area contributed by atoms with Crippen molar-refractivity contribution in [3.05, 3.63) is 22.7 Å². The van der Waals surface area contributed by atoms with E-state index in [1.54, 1.807) is 0 Å². The van der Waals surface area contributed by atoms with E-state index in [2.05, 4.69) is 5.32 Å². The quantitative estimate of drug-likeness (QED) is 0.622. The van der Waals surface area contributed by atoms with E-state index in [4.69, 9.17) is 25.8 Å². The van der Waals surface area contributed by atoms with Crippen LogP contribution in [0.2, 0.25) is 5.02 Å². The summed E-state index contributed by atoms with van der Waals surface area (Å²) in [6, 6.07) is 3.78. The molecule has 0 saturated carbocycles. The SMILES string of the molecule is CCOc1cc(Cl)c(CNCCCOC(C)C)cc1OCC. The lowest BCUT2D eigenvalue weighted by Crippen LogP contribution is -2.17. The van der Waals surface area contributed by atoms with Crippen LogP contribution < -0.4 is 14.8 Å². The summed E-state index contributed by atoms with van der Waals surface area (Å²) < 4.78 is 16.7. The Kier molecular flexibility index (Phi) is 9.28. The van der Waals surface area contributed by atoms with E-state index in [9.17, 15) is 0 Å². The average molecular weight is 330 g/mol. The summed E-state index contributed by atoms with van der Waals surface area (Å²) in [7, 11) is 0. The number of rotatable bonds is 11. The van der Waals surface area contributed by atoms with Crippen molar-refractivity contribution >= 4 is 11.6 Å². The van der Waals surface area contributed by atoms with Crippen molar-refractivity contribution in [2.75, 3.05) is 26.4 Å². The molecule has 0 aliphatic rings. The van der Waals surface area contributed by atoms with Crippen LogP contribution in [0, 0.1) is 0 Å². The zero-order valence-electron chi connectivity index (χ0n) is 14.1. The second-order valence-electron chi connectivity index (χ2n) is 5.21. The van der Waals surface area contributed by atoms with Gasteiger partial charge in [0, 0.05) is 24.2 Å². The molecule has 5 heteroatoms. The van der Waals surface area contributed by atoms with Gasteiger partial charge in [-0.05, 0) is 52.3 Å². The van der Waals surface area contributed by atoms with Crippen molar-refractivity contribution in [3.63, 3.8) is 0 Å². The molecular formula is C17H28ClNO3. The number of ether oxygens (including phenoxy) is 3. The first kappa shape index (κ1) is 19.1. The third-order valence-corrected chi connectivity index (χ3v) is 3.33. The maximum Gasteiger partial charge on any atom is 0.162 e. The molecule has 1 rings (SSSR count). The van der Waals surface area contributed by atoms with Gasteiger partial charge in [-0.1, -0.05) is 11.6 Å². The molecule has 1 aromatic rings. The molecule has 0 aliphatic heterocycles. The third-order valence-electron chi connectivity index (χ3n) is 2.98. The highest BCUT2D eigenvalue weighted by Crippen LogP contribution is 2.33. The van der Waals surface area contributed by atoms with E-state index < -0.39 is 0 Å². The fourth-order valence-electron chi connectivity index (χ4n) is 1.99. The van der Waals surface area contributed by atoms with Crippen LogP contribution in [-0.4, -0.2) is 32.5 Å². The lowest BCUT2D eigenvalue weighted by molar-refractivity contribution is 0.0770. The van der Waals surface area contributed by atoms with E-state index in [1.807, 2.05) is 39.8 Å². The monoisotopic (exact) mass is 329 g/mol. The van der Waals surface area contributed by atoms with Crippen LogP contribution in [0.3, 0.4) is 0 Å². The largest absolute Gasteiger partial charge is 0.490 e. The molecule has 0 aromatic heterocycles. The van der Waals surface area contributed by atoms with Gasteiger partial charge in [0.05, 0.1) is 19.3 Å². The Morgan fingerprint density at radius 2 is 1.73 bits per heavy atom. The van der Waals surface area contributed by atoms with Crippen LogP contribution in [0.5, 0.6) is 11.5 Å². The Morgan fingerprint density at radius 3 is 2.32 bits per heavy atom. The molecule has 0 heterocycles. The maximum atomic E-state index is 6.32. The highest BCUT2D eigenvalue weighted by molar-refractivity contribution is 6.31. The van der Waals surface area contributed by atoms with E-state index in [-0.39, 0.29) is 6.10 Å². The van der Waals surface area contributed by atoms with E-state index in [0.717, 1.165) is 30.9 Å². The lowest BCUT2D eigenvalue weighted by Gasteiger charge is -2.14. The number of benzene rings is 1. The first-order chi connectivity index (χ1) is 10.6. The first-order valence-electron chi connectivity index (χ1n) is 7.98. The third kappa shape index (κ3) is 6.86. The highest BCUT2D eigenvalue weighted by atomic mass is 35.5. The summed E-state index contributed by atoms with van der Waals surface area (Å²) in [5, 5.41) is 4.07. The van der Waals surface area contributed by atoms with E-state index in [1.165, 1.54) is 0 Å². The van der Waals surface area contributed by atoms with Crippen LogP contribution in [0.15, 0.2) is 12.1 Å². The van der Waals surface area contributed by atoms with Crippen LogP contribution in [-0.2, 0) is 11.3 Å². The molecule has 1 aromatic carbocycles.